The number of amides is 1. The first-order valence-electron chi connectivity index (χ1n) is 9.83. The van der Waals surface area contributed by atoms with E-state index in [4.69, 9.17) is 0 Å². The summed E-state index contributed by atoms with van der Waals surface area (Å²) in [5.74, 6) is 0.961. The van der Waals surface area contributed by atoms with Crippen LogP contribution < -0.4 is 5.32 Å². The van der Waals surface area contributed by atoms with E-state index in [0.29, 0.717) is 12.6 Å². The number of piperazine rings is 1. The maximum atomic E-state index is 12.3. The van der Waals surface area contributed by atoms with Gasteiger partial charge in [0.2, 0.25) is 5.91 Å². The van der Waals surface area contributed by atoms with Gasteiger partial charge in [0.1, 0.15) is 0 Å². The summed E-state index contributed by atoms with van der Waals surface area (Å²) >= 11 is 0. The number of rotatable bonds is 6. The lowest BCUT2D eigenvalue weighted by Gasteiger charge is -2.35. The largest absolute Gasteiger partial charge is 0.352 e. The van der Waals surface area contributed by atoms with Crippen molar-refractivity contribution in [1.82, 2.24) is 20.1 Å². The number of hydrogen-bond donors (Lipinski definition) is 1. The molecule has 2 heterocycles. The van der Waals surface area contributed by atoms with Crippen LogP contribution in [0.25, 0.3) is 0 Å². The minimum Gasteiger partial charge on any atom is -0.352 e. The zero-order valence-electron chi connectivity index (χ0n) is 15.5. The summed E-state index contributed by atoms with van der Waals surface area (Å²) in [7, 11) is 0. The molecule has 5 nitrogen and oxygen atoms in total. The highest BCUT2D eigenvalue weighted by Crippen LogP contribution is 2.23. The van der Waals surface area contributed by atoms with E-state index in [1.54, 1.807) is 0 Å². The molecule has 1 aromatic rings. The fraction of sp³-hybridized carbons (Fsp3) is 0.700. The van der Waals surface area contributed by atoms with E-state index in [0.717, 1.165) is 63.6 Å². The van der Waals surface area contributed by atoms with E-state index in [1.165, 1.54) is 12.8 Å². The molecular formula is C20H32N4O. The van der Waals surface area contributed by atoms with E-state index in [9.17, 15) is 4.79 Å². The van der Waals surface area contributed by atoms with Crippen LogP contribution in [0.1, 0.15) is 38.3 Å². The highest BCUT2D eigenvalue weighted by molar-refractivity contribution is 5.78. The Morgan fingerprint density at radius 2 is 2.00 bits per heavy atom. The van der Waals surface area contributed by atoms with Crippen LogP contribution in [0, 0.1) is 5.92 Å². The predicted molar refractivity (Wildman–Crippen MR) is 100 cm³/mol. The molecule has 0 unspecified atom stereocenters. The average molecular weight is 345 g/mol. The zero-order valence-corrected chi connectivity index (χ0v) is 15.5. The summed E-state index contributed by atoms with van der Waals surface area (Å²) in [6, 6.07) is 6.50. The molecule has 0 aromatic carbocycles. The molecule has 2 atom stereocenters. The molecule has 25 heavy (non-hydrogen) atoms. The zero-order chi connectivity index (χ0) is 17.5. The van der Waals surface area contributed by atoms with Crippen molar-refractivity contribution in [1.29, 1.82) is 0 Å². The quantitative estimate of drug-likeness (QED) is 0.857. The van der Waals surface area contributed by atoms with Gasteiger partial charge in [0.05, 0.1) is 6.54 Å². The highest BCUT2D eigenvalue weighted by Gasteiger charge is 2.23. The van der Waals surface area contributed by atoms with Crippen molar-refractivity contribution >= 4 is 5.91 Å². The molecule has 1 saturated carbocycles. The molecule has 2 aliphatic rings. The van der Waals surface area contributed by atoms with Gasteiger partial charge < -0.3 is 10.2 Å². The minimum atomic E-state index is 0.209. The van der Waals surface area contributed by atoms with E-state index in [-0.39, 0.29) is 5.91 Å². The monoisotopic (exact) mass is 344 g/mol. The standard InChI is InChI=1S/C20H32N4O/c1-17-5-4-7-19(15-17)22-20(25)16-24-13-11-23(12-14-24)10-8-18-6-2-3-9-21-18/h2-3,6,9,17,19H,4-5,7-8,10-16H2,1H3,(H,22,25)/t17-,19-/m0/s1. The fourth-order valence-electron chi connectivity index (χ4n) is 4.03. The Morgan fingerprint density at radius 3 is 2.72 bits per heavy atom. The Hall–Kier alpha value is -1.46. The SMILES string of the molecule is C[C@H]1CCC[C@H](NC(=O)CN2CCN(CCc3ccccn3)CC2)C1. The Labute approximate surface area is 151 Å². The lowest BCUT2D eigenvalue weighted by Crippen LogP contribution is -2.51. The maximum absolute atomic E-state index is 12.3. The van der Waals surface area contributed by atoms with E-state index in [1.807, 2.05) is 18.3 Å². The van der Waals surface area contributed by atoms with E-state index < -0.39 is 0 Å². The Morgan fingerprint density at radius 1 is 1.20 bits per heavy atom. The van der Waals surface area contributed by atoms with Crippen LogP contribution in [-0.4, -0.2) is 66.0 Å². The van der Waals surface area contributed by atoms with Gasteiger partial charge in [0, 0.05) is 57.1 Å². The minimum absolute atomic E-state index is 0.209. The van der Waals surface area contributed by atoms with Crippen LogP contribution >= 0.6 is 0 Å². The molecule has 1 aromatic heterocycles. The number of pyridine rings is 1. The van der Waals surface area contributed by atoms with Gasteiger partial charge in [0.15, 0.2) is 0 Å². The summed E-state index contributed by atoms with van der Waals surface area (Å²) in [5, 5.41) is 3.25. The molecule has 1 amide bonds. The Bertz CT molecular complexity index is 528. The molecule has 1 N–H and O–H groups in total. The number of nitrogens with one attached hydrogen (secondary N) is 1. The second kappa shape index (κ2) is 9.30. The van der Waals surface area contributed by atoms with Crippen LogP contribution in [0.2, 0.25) is 0 Å². The lowest BCUT2D eigenvalue weighted by molar-refractivity contribution is -0.123. The maximum Gasteiger partial charge on any atom is 0.234 e. The number of carbonyl (C=O) groups excluding carboxylic acids is 1. The van der Waals surface area contributed by atoms with Crippen molar-refractivity contribution in [2.45, 2.75) is 45.1 Å². The van der Waals surface area contributed by atoms with Gasteiger partial charge in [-0.3, -0.25) is 14.7 Å². The van der Waals surface area contributed by atoms with Crippen LogP contribution in [0.3, 0.4) is 0 Å². The van der Waals surface area contributed by atoms with Crippen LogP contribution in [0.4, 0.5) is 0 Å². The normalized spacial score (nSPS) is 25.6. The lowest BCUT2D eigenvalue weighted by atomic mass is 9.87. The molecule has 0 radical (unpaired) electrons. The second-order valence-electron chi connectivity index (χ2n) is 7.73. The van der Waals surface area contributed by atoms with Gasteiger partial charge in [-0.05, 0) is 30.9 Å². The molecular weight excluding hydrogens is 312 g/mol. The molecule has 138 valence electrons. The van der Waals surface area contributed by atoms with Crippen LogP contribution in [-0.2, 0) is 11.2 Å². The molecule has 1 aliphatic carbocycles. The Kier molecular flexibility index (Phi) is 6.82. The third-order valence-corrected chi connectivity index (χ3v) is 5.54. The molecule has 3 rings (SSSR count). The first-order valence-corrected chi connectivity index (χ1v) is 9.83. The number of aromatic nitrogens is 1. The molecule has 5 heteroatoms. The third-order valence-electron chi connectivity index (χ3n) is 5.54. The summed E-state index contributed by atoms with van der Waals surface area (Å²) in [5.41, 5.74) is 1.16. The van der Waals surface area contributed by atoms with Gasteiger partial charge in [-0.25, -0.2) is 0 Å². The Balaban J connectivity index is 1.32. The highest BCUT2D eigenvalue weighted by atomic mass is 16.2. The molecule has 1 aliphatic heterocycles. The van der Waals surface area contributed by atoms with Gasteiger partial charge in [-0.1, -0.05) is 25.8 Å². The third kappa shape index (κ3) is 6.08. The summed E-state index contributed by atoms with van der Waals surface area (Å²) < 4.78 is 0. The summed E-state index contributed by atoms with van der Waals surface area (Å²) in [4.78, 5) is 21.5. The van der Waals surface area contributed by atoms with Gasteiger partial charge in [0.25, 0.3) is 0 Å². The van der Waals surface area contributed by atoms with Gasteiger partial charge in [-0.15, -0.1) is 0 Å². The van der Waals surface area contributed by atoms with Crippen molar-refractivity contribution in [2.24, 2.45) is 5.92 Å². The van der Waals surface area contributed by atoms with E-state index >= 15 is 0 Å². The number of hydrogen-bond acceptors (Lipinski definition) is 4. The average Bonchev–Trinajstić information content (AvgIpc) is 2.62. The van der Waals surface area contributed by atoms with Gasteiger partial charge >= 0.3 is 0 Å². The van der Waals surface area contributed by atoms with Crippen molar-refractivity contribution in [3.63, 3.8) is 0 Å². The van der Waals surface area contributed by atoms with Crippen molar-refractivity contribution in [3.8, 4) is 0 Å². The smallest absolute Gasteiger partial charge is 0.234 e. The van der Waals surface area contributed by atoms with Crippen molar-refractivity contribution < 1.29 is 4.79 Å². The molecule has 1 saturated heterocycles. The molecule has 0 bridgehead atoms. The van der Waals surface area contributed by atoms with Crippen LogP contribution in [0.15, 0.2) is 24.4 Å². The van der Waals surface area contributed by atoms with Crippen molar-refractivity contribution in [3.05, 3.63) is 30.1 Å². The van der Waals surface area contributed by atoms with E-state index in [2.05, 4.69) is 33.1 Å². The number of nitrogens with zero attached hydrogens (tertiary/aromatic N) is 3. The van der Waals surface area contributed by atoms with Gasteiger partial charge in [-0.2, -0.15) is 0 Å². The van der Waals surface area contributed by atoms with Crippen LogP contribution in [0.5, 0.6) is 0 Å². The first kappa shape index (κ1) is 18.3. The predicted octanol–water partition coefficient (Wildman–Crippen LogP) is 1.94. The summed E-state index contributed by atoms with van der Waals surface area (Å²) in [6.07, 6.45) is 7.72. The molecule has 0 spiro atoms. The fourth-order valence-corrected chi connectivity index (χ4v) is 4.03. The second-order valence-corrected chi connectivity index (χ2v) is 7.73. The topological polar surface area (TPSA) is 48.5 Å². The summed E-state index contributed by atoms with van der Waals surface area (Å²) in [6.45, 7) is 7.95. The number of carbonyl (C=O) groups is 1. The van der Waals surface area contributed by atoms with Crippen molar-refractivity contribution in [2.75, 3.05) is 39.3 Å². The molecule has 2 fully saturated rings. The first-order chi connectivity index (χ1) is 12.2.